The molecule has 0 bridgehead atoms. The van der Waals surface area contributed by atoms with Crippen molar-refractivity contribution in [2.24, 2.45) is 0 Å². The van der Waals surface area contributed by atoms with E-state index in [9.17, 15) is 0 Å². The fraction of sp³-hybridized carbons (Fsp3) is 0.400. The molecule has 0 aliphatic carbocycles. The highest BCUT2D eigenvalue weighted by Gasteiger charge is 2.03. The molecule has 0 N–H and O–H groups in total. The van der Waals surface area contributed by atoms with E-state index in [4.69, 9.17) is 21.1 Å². The lowest BCUT2D eigenvalue weighted by atomic mass is 10.3. The van der Waals surface area contributed by atoms with Crippen molar-refractivity contribution in [2.75, 3.05) is 13.2 Å². The number of halogens is 1. The largest absolute Gasteiger partial charge is 0.490 e. The van der Waals surface area contributed by atoms with E-state index in [-0.39, 0.29) is 5.56 Å². The van der Waals surface area contributed by atoms with Crippen LogP contribution in [0.3, 0.4) is 0 Å². The molecular weight excluding hydrogens is 188 g/mol. The van der Waals surface area contributed by atoms with Crippen molar-refractivity contribution in [1.82, 2.24) is 0 Å². The van der Waals surface area contributed by atoms with Crippen molar-refractivity contribution in [3.63, 3.8) is 0 Å². The number of hydrogen-bond donors (Lipinski definition) is 0. The highest BCUT2D eigenvalue weighted by atomic mass is 35.5. The molecule has 1 atom stereocenters. The molecule has 0 saturated carbocycles. The average molecular weight is 201 g/mol. The van der Waals surface area contributed by atoms with Crippen LogP contribution in [0, 0.1) is 0 Å². The molecule has 0 fully saturated rings. The van der Waals surface area contributed by atoms with E-state index in [0.29, 0.717) is 13.2 Å². The van der Waals surface area contributed by atoms with Crippen LogP contribution in [-0.4, -0.2) is 18.8 Å². The van der Waals surface area contributed by atoms with Gasteiger partial charge in [-0.3, -0.25) is 0 Å². The molecule has 1 unspecified atom stereocenters. The number of para-hydroxylation sites is 1. The van der Waals surface area contributed by atoms with Crippen LogP contribution in [0.5, 0.6) is 5.75 Å². The Balaban J connectivity index is 2.27. The minimum Gasteiger partial charge on any atom is -0.490 e. The summed E-state index contributed by atoms with van der Waals surface area (Å²) in [6.45, 7) is 2.88. The fourth-order valence-corrected chi connectivity index (χ4v) is 1.10. The van der Waals surface area contributed by atoms with Crippen LogP contribution in [0.15, 0.2) is 30.3 Å². The molecule has 3 heteroatoms. The maximum absolute atomic E-state index is 5.78. The third-order valence-electron chi connectivity index (χ3n) is 1.47. The van der Waals surface area contributed by atoms with Crippen LogP contribution in [0.25, 0.3) is 0 Å². The Hall–Kier alpha value is -0.730. The topological polar surface area (TPSA) is 18.5 Å². The van der Waals surface area contributed by atoms with Crippen molar-refractivity contribution in [2.45, 2.75) is 12.5 Å². The lowest BCUT2D eigenvalue weighted by Crippen LogP contribution is -2.15. The zero-order valence-electron chi connectivity index (χ0n) is 7.57. The van der Waals surface area contributed by atoms with Gasteiger partial charge in [-0.15, -0.1) is 0 Å². The number of alkyl halides is 1. The Kier molecular flexibility index (Phi) is 4.65. The van der Waals surface area contributed by atoms with Crippen molar-refractivity contribution in [1.29, 1.82) is 0 Å². The van der Waals surface area contributed by atoms with Gasteiger partial charge >= 0.3 is 0 Å². The van der Waals surface area contributed by atoms with Crippen LogP contribution in [0.4, 0.5) is 0 Å². The first-order chi connectivity index (χ1) is 6.33. The Morgan fingerprint density at radius 3 is 2.62 bits per heavy atom. The van der Waals surface area contributed by atoms with Gasteiger partial charge in [0, 0.05) is 6.61 Å². The molecule has 0 aliphatic heterocycles. The number of ether oxygens (including phenoxy) is 2. The summed E-state index contributed by atoms with van der Waals surface area (Å²) >= 11 is 5.78. The monoisotopic (exact) mass is 200 g/mol. The standard InChI is InChI=1S/C10H13ClO2/c1-2-12-10(11)8-13-9-6-4-3-5-7-9/h3-7,10H,2,8H2,1H3. The molecule has 0 aliphatic rings. The lowest BCUT2D eigenvalue weighted by molar-refractivity contribution is 0.0805. The highest BCUT2D eigenvalue weighted by molar-refractivity contribution is 6.19. The molecule has 0 radical (unpaired) electrons. The number of hydrogen-bond acceptors (Lipinski definition) is 2. The van der Waals surface area contributed by atoms with Gasteiger partial charge in [-0.2, -0.15) is 0 Å². The summed E-state index contributed by atoms with van der Waals surface area (Å²) in [5.41, 5.74) is -0.370. The van der Waals surface area contributed by atoms with Crippen LogP contribution >= 0.6 is 11.6 Å². The number of rotatable bonds is 5. The first-order valence-corrected chi connectivity index (χ1v) is 4.70. The molecule has 0 heterocycles. The second-order valence-corrected chi connectivity index (χ2v) is 2.98. The van der Waals surface area contributed by atoms with E-state index in [0.717, 1.165) is 5.75 Å². The van der Waals surface area contributed by atoms with Gasteiger partial charge in [-0.25, -0.2) is 0 Å². The minimum atomic E-state index is -0.370. The van der Waals surface area contributed by atoms with Gasteiger partial charge in [0.05, 0.1) is 0 Å². The van der Waals surface area contributed by atoms with E-state index in [2.05, 4.69) is 0 Å². The minimum absolute atomic E-state index is 0.370. The van der Waals surface area contributed by atoms with Crippen LogP contribution in [-0.2, 0) is 4.74 Å². The predicted molar refractivity (Wildman–Crippen MR) is 53.2 cm³/mol. The summed E-state index contributed by atoms with van der Waals surface area (Å²) in [5, 5.41) is 0. The first-order valence-electron chi connectivity index (χ1n) is 4.26. The molecule has 72 valence electrons. The Bertz CT molecular complexity index is 226. The average Bonchev–Trinajstić information content (AvgIpc) is 2.17. The zero-order chi connectivity index (χ0) is 9.52. The summed E-state index contributed by atoms with van der Waals surface area (Å²) in [6, 6.07) is 9.54. The molecule has 0 aromatic heterocycles. The summed E-state index contributed by atoms with van der Waals surface area (Å²) < 4.78 is 10.5. The van der Waals surface area contributed by atoms with Crippen LogP contribution in [0.2, 0.25) is 0 Å². The third-order valence-corrected chi connectivity index (χ3v) is 1.72. The molecule has 1 rings (SSSR count). The van der Waals surface area contributed by atoms with Crippen molar-refractivity contribution in [3.8, 4) is 5.75 Å². The molecule has 0 spiro atoms. The summed E-state index contributed by atoms with van der Waals surface area (Å²) in [4.78, 5) is 0. The van der Waals surface area contributed by atoms with Gasteiger partial charge in [0.25, 0.3) is 0 Å². The van der Waals surface area contributed by atoms with Crippen molar-refractivity contribution >= 4 is 11.6 Å². The Labute approximate surface area is 83.4 Å². The van der Waals surface area contributed by atoms with E-state index in [1.54, 1.807) is 0 Å². The lowest BCUT2D eigenvalue weighted by Gasteiger charge is -2.10. The van der Waals surface area contributed by atoms with Gasteiger partial charge in [0.1, 0.15) is 12.4 Å². The van der Waals surface area contributed by atoms with E-state index >= 15 is 0 Å². The maximum atomic E-state index is 5.78. The van der Waals surface area contributed by atoms with E-state index in [1.165, 1.54) is 0 Å². The molecule has 13 heavy (non-hydrogen) atoms. The summed E-state index contributed by atoms with van der Waals surface area (Å²) in [7, 11) is 0. The Morgan fingerprint density at radius 2 is 2.00 bits per heavy atom. The molecule has 1 aromatic carbocycles. The fourth-order valence-electron chi connectivity index (χ4n) is 0.907. The molecule has 0 amide bonds. The molecule has 2 nitrogen and oxygen atoms in total. The zero-order valence-corrected chi connectivity index (χ0v) is 8.33. The Morgan fingerprint density at radius 1 is 1.31 bits per heavy atom. The van der Waals surface area contributed by atoms with Crippen LogP contribution in [0.1, 0.15) is 6.92 Å². The predicted octanol–water partition coefficient (Wildman–Crippen LogP) is 2.67. The smallest absolute Gasteiger partial charge is 0.164 e. The molecule has 1 aromatic rings. The second-order valence-electron chi connectivity index (χ2n) is 2.49. The highest BCUT2D eigenvalue weighted by Crippen LogP contribution is 2.10. The SMILES string of the molecule is CCOC(Cl)COc1ccccc1. The second kappa shape index (κ2) is 5.84. The van der Waals surface area contributed by atoms with Crippen molar-refractivity contribution in [3.05, 3.63) is 30.3 Å². The van der Waals surface area contributed by atoms with E-state index < -0.39 is 0 Å². The van der Waals surface area contributed by atoms with Gasteiger partial charge in [-0.05, 0) is 19.1 Å². The van der Waals surface area contributed by atoms with Gasteiger partial charge < -0.3 is 9.47 Å². The molecular formula is C10H13ClO2. The van der Waals surface area contributed by atoms with Crippen molar-refractivity contribution < 1.29 is 9.47 Å². The number of benzene rings is 1. The quantitative estimate of drug-likeness (QED) is 0.681. The van der Waals surface area contributed by atoms with Gasteiger partial charge in [0.2, 0.25) is 0 Å². The summed E-state index contributed by atoms with van der Waals surface area (Å²) in [6.07, 6.45) is 0. The maximum Gasteiger partial charge on any atom is 0.164 e. The normalized spacial score (nSPS) is 12.5. The first kappa shape index (κ1) is 10.4. The van der Waals surface area contributed by atoms with E-state index in [1.807, 2.05) is 37.3 Å². The summed E-state index contributed by atoms with van der Waals surface area (Å²) in [5.74, 6) is 0.813. The van der Waals surface area contributed by atoms with Gasteiger partial charge in [-0.1, -0.05) is 29.8 Å². The van der Waals surface area contributed by atoms with Crippen LogP contribution < -0.4 is 4.74 Å². The molecule has 0 saturated heterocycles. The third kappa shape index (κ3) is 4.15. The van der Waals surface area contributed by atoms with Gasteiger partial charge in [0.15, 0.2) is 5.56 Å².